The Bertz CT molecular complexity index is 535. The quantitative estimate of drug-likeness (QED) is 0.134. The summed E-state index contributed by atoms with van der Waals surface area (Å²) >= 11 is 0. The van der Waals surface area contributed by atoms with Crippen molar-refractivity contribution in [3.05, 3.63) is 0 Å². The van der Waals surface area contributed by atoms with Gasteiger partial charge in [-0.1, -0.05) is 13.3 Å². The average molecular weight is 525 g/mol. The number of unbranched alkanes of at least 4 members (excludes halogenated alkanes) is 1. The van der Waals surface area contributed by atoms with Crippen LogP contribution in [0.15, 0.2) is 0 Å². The van der Waals surface area contributed by atoms with Crippen LogP contribution in [0.25, 0.3) is 0 Å². The summed E-state index contributed by atoms with van der Waals surface area (Å²) in [6.45, 7) is 29.0. The van der Waals surface area contributed by atoms with Crippen LogP contribution in [0.2, 0.25) is 78.6 Å². The molecular formula is C22H52O6Si4. The van der Waals surface area contributed by atoms with Crippen molar-refractivity contribution >= 4 is 39.6 Å². The monoisotopic (exact) mass is 524 g/mol. The Morgan fingerprint density at radius 1 is 0.688 bits per heavy atom. The van der Waals surface area contributed by atoms with Crippen molar-refractivity contribution in [3.8, 4) is 0 Å². The van der Waals surface area contributed by atoms with Gasteiger partial charge in [-0.05, 0) is 85.0 Å². The maximum Gasteiger partial charge on any atom is 0.184 e. The lowest BCUT2D eigenvalue weighted by molar-refractivity contribution is -0.138. The molecule has 0 bridgehead atoms. The molecule has 0 saturated heterocycles. The van der Waals surface area contributed by atoms with E-state index in [1.54, 1.807) is 0 Å². The first-order chi connectivity index (χ1) is 14.3. The van der Waals surface area contributed by atoms with E-state index in [9.17, 15) is 4.79 Å². The molecule has 0 unspecified atom stereocenters. The van der Waals surface area contributed by atoms with Crippen molar-refractivity contribution in [2.45, 2.75) is 123 Å². The predicted octanol–water partition coefficient (Wildman–Crippen LogP) is 5.88. The van der Waals surface area contributed by atoms with Crippen molar-refractivity contribution in [1.82, 2.24) is 0 Å². The summed E-state index contributed by atoms with van der Waals surface area (Å²) in [4.78, 5) is 12.2. The van der Waals surface area contributed by atoms with Crippen molar-refractivity contribution < 1.29 is 27.2 Å². The highest BCUT2D eigenvalue weighted by Crippen LogP contribution is 2.27. The van der Waals surface area contributed by atoms with Crippen LogP contribution in [0.1, 0.15) is 19.8 Å². The van der Waals surface area contributed by atoms with Crippen LogP contribution in [0.3, 0.4) is 0 Å². The second kappa shape index (κ2) is 13.4. The Morgan fingerprint density at radius 2 is 1.16 bits per heavy atom. The van der Waals surface area contributed by atoms with Gasteiger partial charge >= 0.3 is 0 Å². The lowest BCUT2D eigenvalue weighted by Crippen LogP contribution is -2.59. The minimum Gasteiger partial charge on any atom is -0.415 e. The van der Waals surface area contributed by atoms with Crippen LogP contribution in [-0.4, -0.2) is 77.2 Å². The normalized spacial score (nSPS) is 17.7. The molecule has 0 aliphatic rings. The molecule has 0 aliphatic carbocycles. The molecular weight excluding hydrogens is 473 g/mol. The fourth-order valence-corrected chi connectivity index (χ4v) is 7.01. The van der Waals surface area contributed by atoms with Crippen molar-refractivity contribution in [1.29, 1.82) is 0 Å². The topological polar surface area (TPSA) is 63.2 Å². The number of carbonyl (C=O) groups excluding carboxylic acids is 1. The van der Waals surface area contributed by atoms with E-state index in [0.29, 0.717) is 13.2 Å². The molecule has 0 aliphatic heterocycles. The molecule has 4 atom stereocenters. The molecule has 6 nitrogen and oxygen atoms in total. The molecule has 0 aromatic heterocycles. The van der Waals surface area contributed by atoms with E-state index < -0.39 is 51.6 Å². The summed E-state index contributed by atoms with van der Waals surface area (Å²) in [5, 5.41) is 0. The summed E-state index contributed by atoms with van der Waals surface area (Å²) in [5.74, 6) is 0. The number of hydrogen-bond donors (Lipinski definition) is 0. The van der Waals surface area contributed by atoms with E-state index in [-0.39, 0.29) is 6.10 Å². The summed E-state index contributed by atoms with van der Waals surface area (Å²) in [6, 6.07) is 0. The smallest absolute Gasteiger partial charge is 0.184 e. The molecule has 10 heteroatoms. The van der Waals surface area contributed by atoms with Gasteiger partial charge < -0.3 is 27.2 Å². The number of rotatable bonds is 17. The number of carbonyl (C=O) groups is 1. The van der Waals surface area contributed by atoms with Crippen molar-refractivity contribution in [2.75, 3.05) is 13.2 Å². The van der Waals surface area contributed by atoms with Crippen molar-refractivity contribution in [2.24, 2.45) is 0 Å². The van der Waals surface area contributed by atoms with E-state index in [1.807, 2.05) is 0 Å². The number of hydrogen-bond acceptors (Lipinski definition) is 6. The van der Waals surface area contributed by atoms with Crippen LogP contribution in [-0.2, 0) is 27.2 Å². The van der Waals surface area contributed by atoms with Crippen LogP contribution in [0.4, 0.5) is 0 Å². The maximum absolute atomic E-state index is 12.2. The lowest BCUT2D eigenvalue weighted by atomic mass is 10.0. The fraction of sp³-hybridized carbons (Fsp3) is 0.955. The summed E-state index contributed by atoms with van der Waals surface area (Å²) in [7, 11) is -7.76. The molecule has 0 N–H and O–H groups in total. The molecule has 0 rings (SSSR count). The van der Waals surface area contributed by atoms with E-state index in [1.165, 1.54) is 0 Å². The van der Waals surface area contributed by atoms with E-state index >= 15 is 0 Å². The van der Waals surface area contributed by atoms with E-state index in [4.69, 9.17) is 22.4 Å². The van der Waals surface area contributed by atoms with Crippen LogP contribution in [0, 0.1) is 0 Å². The van der Waals surface area contributed by atoms with Gasteiger partial charge in [-0.25, -0.2) is 0 Å². The zero-order valence-corrected chi connectivity index (χ0v) is 27.2. The minimum absolute atomic E-state index is 0.321. The minimum atomic E-state index is -2.03. The maximum atomic E-state index is 12.2. The van der Waals surface area contributed by atoms with Crippen molar-refractivity contribution in [3.63, 3.8) is 0 Å². The summed E-state index contributed by atoms with van der Waals surface area (Å²) in [6.07, 6.45) is 0.796. The first-order valence-corrected chi connectivity index (χ1v) is 25.7. The SMILES string of the molecule is CCCCO[C@H](C=O)[C@H](O[Si](C)(C)C)[C@@H](O[Si](C)(C)C)[C@H](CO[Si](C)(C)C)O[Si](C)(C)C. The molecule has 0 heterocycles. The lowest BCUT2D eigenvalue weighted by Gasteiger charge is -2.43. The van der Waals surface area contributed by atoms with Gasteiger partial charge in [0.15, 0.2) is 39.6 Å². The third-order valence-corrected chi connectivity index (χ3v) is 8.12. The largest absolute Gasteiger partial charge is 0.415 e. The second-order valence-electron chi connectivity index (χ2n) is 12.4. The highest BCUT2D eigenvalue weighted by Gasteiger charge is 2.44. The van der Waals surface area contributed by atoms with Crippen LogP contribution >= 0.6 is 0 Å². The van der Waals surface area contributed by atoms with E-state index in [2.05, 4.69) is 85.5 Å². The molecule has 0 aromatic rings. The Labute approximate surface area is 202 Å². The van der Waals surface area contributed by atoms with Crippen LogP contribution < -0.4 is 0 Å². The van der Waals surface area contributed by atoms with Gasteiger partial charge in [0.25, 0.3) is 0 Å². The number of aldehydes is 1. The van der Waals surface area contributed by atoms with Gasteiger partial charge in [-0.2, -0.15) is 0 Å². The first kappa shape index (κ1) is 32.3. The molecule has 0 saturated carbocycles. The van der Waals surface area contributed by atoms with Gasteiger partial charge in [-0.15, -0.1) is 0 Å². The van der Waals surface area contributed by atoms with Gasteiger partial charge in [-0.3, -0.25) is 0 Å². The average Bonchev–Trinajstić information content (AvgIpc) is 2.55. The third-order valence-electron chi connectivity index (χ3n) is 4.12. The van der Waals surface area contributed by atoms with Crippen LogP contribution in [0.5, 0.6) is 0 Å². The Kier molecular flexibility index (Phi) is 13.6. The molecule has 0 aromatic carbocycles. The highest BCUT2D eigenvalue weighted by molar-refractivity contribution is 6.71. The third kappa shape index (κ3) is 16.0. The summed E-state index contributed by atoms with van der Waals surface area (Å²) < 4.78 is 32.4. The van der Waals surface area contributed by atoms with Gasteiger partial charge in [0.05, 0.1) is 12.7 Å². The van der Waals surface area contributed by atoms with Gasteiger partial charge in [0.1, 0.15) is 18.3 Å². The number of ether oxygens (including phenoxy) is 1. The van der Waals surface area contributed by atoms with E-state index in [0.717, 1.165) is 19.1 Å². The zero-order chi connectivity index (χ0) is 25.4. The second-order valence-corrected chi connectivity index (χ2v) is 30.3. The fourth-order valence-electron chi connectivity index (χ4n) is 3.05. The Hall–Kier alpha value is 0.338. The standard InChI is InChI=1S/C22H52O6Si4/c1-14-15-16-24-19(17-23)21(27-31(8,9)10)22(28-32(11,12)13)20(26-30(5,6)7)18-25-29(2,3)4/h17,19-22H,14-16,18H2,1-13H3/t19-,20+,21+,22+/m1/s1. The zero-order valence-electron chi connectivity index (χ0n) is 23.2. The summed E-state index contributed by atoms with van der Waals surface area (Å²) in [5.41, 5.74) is 0. The highest BCUT2D eigenvalue weighted by atomic mass is 28.4. The Balaban J connectivity index is 6.32. The molecule has 0 fully saturated rings. The first-order valence-electron chi connectivity index (χ1n) is 12.0. The Morgan fingerprint density at radius 3 is 1.53 bits per heavy atom. The van der Waals surface area contributed by atoms with Gasteiger partial charge in [0, 0.05) is 6.61 Å². The molecule has 0 radical (unpaired) electrons. The molecule has 32 heavy (non-hydrogen) atoms. The molecule has 0 amide bonds. The van der Waals surface area contributed by atoms with Gasteiger partial charge in [0.2, 0.25) is 0 Å². The predicted molar refractivity (Wildman–Crippen MR) is 145 cm³/mol. The molecule has 192 valence electrons. The molecule has 0 spiro atoms.